The average molecular weight is 374 g/mol. The van der Waals surface area contributed by atoms with Gasteiger partial charge in [-0.1, -0.05) is 42.5 Å². The molecule has 146 valence electrons. The van der Waals surface area contributed by atoms with E-state index < -0.39 is 5.97 Å². The summed E-state index contributed by atoms with van der Waals surface area (Å²) in [6.07, 6.45) is 2.60. The highest BCUT2D eigenvalue weighted by Crippen LogP contribution is 2.26. The lowest BCUT2D eigenvalue weighted by molar-refractivity contribution is -0.142. The molecule has 2 rings (SSSR count). The van der Waals surface area contributed by atoms with Crippen molar-refractivity contribution in [1.82, 2.24) is 0 Å². The van der Waals surface area contributed by atoms with Gasteiger partial charge in [0.15, 0.2) is 11.5 Å². The van der Waals surface area contributed by atoms with Crippen LogP contribution in [0.15, 0.2) is 61.2 Å². The lowest BCUT2D eigenvalue weighted by atomic mass is 10.1. The average Bonchev–Trinajstić information content (AvgIpc) is 2.63. The van der Waals surface area contributed by atoms with E-state index in [1.807, 2.05) is 42.5 Å². The molecule has 0 heterocycles. The minimum atomic E-state index is -0.833. The molecule has 2 N–H and O–H groups in total. The van der Waals surface area contributed by atoms with E-state index in [0.717, 1.165) is 24.5 Å². The van der Waals surface area contributed by atoms with Crippen LogP contribution in [0.25, 0.3) is 0 Å². The molecule has 0 aliphatic rings. The van der Waals surface area contributed by atoms with Gasteiger partial charge in [0.1, 0.15) is 6.61 Å². The highest BCUT2D eigenvalue weighted by molar-refractivity contribution is 5.65. The molecule has 6 nitrogen and oxygen atoms in total. The number of carbonyl (C=O) groups is 2. The van der Waals surface area contributed by atoms with Gasteiger partial charge in [0, 0.05) is 13.8 Å². The van der Waals surface area contributed by atoms with Crippen molar-refractivity contribution < 1.29 is 29.3 Å². The Balaban J connectivity index is 0.000000421. The van der Waals surface area contributed by atoms with E-state index in [1.165, 1.54) is 14.0 Å². The van der Waals surface area contributed by atoms with Gasteiger partial charge in [0.05, 0.1) is 7.11 Å². The molecule has 0 spiro atoms. The van der Waals surface area contributed by atoms with Gasteiger partial charge in [-0.25, -0.2) is 0 Å². The van der Waals surface area contributed by atoms with Crippen molar-refractivity contribution >= 4 is 11.9 Å². The summed E-state index contributed by atoms with van der Waals surface area (Å²) in [6.45, 7) is 6.49. The monoisotopic (exact) mass is 374 g/mol. The molecule has 2 aromatic rings. The molecule has 0 aromatic heterocycles. The molecule has 6 heteroatoms. The Morgan fingerprint density at radius 1 is 1.07 bits per heavy atom. The number of phenols is 1. The zero-order chi connectivity index (χ0) is 20.7. The third kappa shape index (κ3) is 12.7. The first-order chi connectivity index (χ1) is 12.8. The van der Waals surface area contributed by atoms with E-state index in [1.54, 1.807) is 12.1 Å². The summed E-state index contributed by atoms with van der Waals surface area (Å²) < 4.78 is 9.74. The molecule has 0 amide bonds. The number of carboxylic acids is 1. The summed E-state index contributed by atoms with van der Waals surface area (Å²) in [5, 5.41) is 16.7. The number of aromatic hydroxyl groups is 1. The van der Waals surface area contributed by atoms with Gasteiger partial charge in [-0.05, 0) is 29.7 Å². The normalized spacial score (nSPS) is 8.85. The number of allylic oxidation sites excluding steroid dienone is 1. The van der Waals surface area contributed by atoms with E-state index in [9.17, 15) is 9.90 Å². The number of phenolic OH excluding ortho intramolecular Hbond substituents is 1. The summed E-state index contributed by atoms with van der Waals surface area (Å²) in [5.41, 5.74) is 2.10. The molecular weight excluding hydrogens is 348 g/mol. The summed E-state index contributed by atoms with van der Waals surface area (Å²) in [7, 11) is 1.53. The molecule has 0 unspecified atom stereocenters. The highest BCUT2D eigenvalue weighted by Gasteiger charge is 2.00. The Hall–Kier alpha value is -3.28. The summed E-state index contributed by atoms with van der Waals surface area (Å²) in [6, 6.07) is 14.9. The number of esters is 1. The van der Waals surface area contributed by atoms with Crippen LogP contribution < -0.4 is 4.74 Å². The van der Waals surface area contributed by atoms with Crippen molar-refractivity contribution in [2.24, 2.45) is 0 Å². The van der Waals surface area contributed by atoms with Crippen LogP contribution in [0.3, 0.4) is 0 Å². The van der Waals surface area contributed by atoms with Crippen molar-refractivity contribution in [2.75, 3.05) is 7.11 Å². The molecule has 0 radical (unpaired) electrons. The predicted octanol–water partition coefficient (Wildman–Crippen LogP) is 3.97. The number of carboxylic acid groups (broad SMARTS) is 1. The van der Waals surface area contributed by atoms with E-state index in [4.69, 9.17) is 19.4 Å². The fourth-order valence-corrected chi connectivity index (χ4v) is 1.77. The molecule has 2 aromatic carbocycles. The zero-order valence-corrected chi connectivity index (χ0v) is 15.8. The first-order valence-electron chi connectivity index (χ1n) is 8.13. The van der Waals surface area contributed by atoms with Crippen molar-refractivity contribution in [1.29, 1.82) is 0 Å². The van der Waals surface area contributed by atoms with E-state index in [2.05, 4.69) is 6.58 Å². The fourth-order valence-electron chi connectivity index (χ4n) is 1.77. The van der Waals surface area contributed by atoms with Crippen LogP contribution in [0.2, 0.25) is 0 Å². The van der Waals surface area contributed by atoms with Crippen LogP contribution in [-0.4, -0.2) is 29.3 Å². The third-order valence-electron chi connectivity index (χ3n) is 2.91. The quantitative estimate of drug-likeness (QED) is 0.608. The van der Waals surface area contributed by atoms with Gasteiger partial charge in [0.25, 0.3) is 5.97 Å². The number of hydrogen-bond donors (Lipinski definition) is 2. The van der Waals surface area contributed by atoms with Crippen LogP contribution in [0.4, 0.5) is 0 Å². The third-order valence-corrected chi connectivity index (χ3v) is 2.91. The molecule has 0 fully saturated rings. The topological polar surface area (TPSA) is 93.1 Å². The SMILES string of the molecule is C=CCc1ccc(O)c(OC)c1.CC(=O)O.CC(=O)OCc1ccccc1. The molecule has 0 atom stereocenters. The summed E-state index contributed by atoms with van der Waals surface area (Å²) in [4.78, 5) is 19.4. The van der Waals surface area contributed by atoms with Gasteiger partial charge < -0.3 is 19.7 Å². The van der Waals surface area contributed by atoms with Crippen LogP contribution in [0.1, 0.15) is 25.0 Å². The maximum Gasteiger partial charge on any atom is 0.302 e. The lowest BCUT2D eigenvalue weighted by Crippen LogP contribution is -1.97. The van der Waals surface area contributed by atoms with Crippen molar-refractivity contribution in [3.05, 3.63) is 72.3 Å². The van der Waals surface area contributed by atoms with Crippen molar-refractivity contribution in [3.63, 3.8) is 0 Å². The first kappa shape index (κ1) is 23.7. The maximum atomic E-state index is 10.4. The van der Waals surface area contributed by atoms with Gasteiger partial charge in [-0.3, -0.25) is 9.59 Å². The molecule has 0 bridgehead atoms. The van der Waals surface area contributed by atoms with Gasteiger partial charge in [-0.2, -0.15) is 0 Å². The zero-order valence-electron chi connectivity index (χ0n) is 15.8. The lowest BCUT2D eigenvalue weighted by Gasteiger charge is -2.04. The smallest absolute Gasteiger partial charge is 0.302 e. The van der Waals surface area contributed by atoms with Crippen LogP contribution >= 0.6 is 0 Å². The Morgan fingerprint density at radius 3 is 2.15 bits per heavy atom. The van der Waals surface area contributed by atoms with Gasteiger partial charge in [-0.15, -0.1) is 6.58 Å². The second-order valence-electron chi connectivity index (χ2n) is 5.28. The Morgan fingerprint density at radius 2 is 1.67 bits per heavy atom. The van der Waals surface area contributed by atoms with E-state index >= 15 is 0 Å². The number of hydrogen-bond acceptors (Lipinski definition) is 5. The number of ether oxygens (including phenoxy) is 2. The highest BCUT2D eigenvalue weighted by atomic mass is 16.5. The minimum absolute atomic E-state index is 0.172. The van der Waals surface area contributed by atoms with Gasteiger partial charge in [0.2, 0.25) is 0 Å². The Bertz CT molecular complexity index is 706. The van der Waals surface area contributed by atoms with E-state index in [0.29, 0.717) is 12.4 Å². The number of aliphatic carboxylic acids is 1. The summed E-state index contributed by atoms with van der Waals surface area (Å²) in [5.74, 6) is -0.395. The van der Waals surface area contributed by atoms with E-state index in [-0.39, 0.29) is 11.7 Å². The molecule has 0 saturated heterocycles. The first-order valence-corrected chi connectivity index (χ1v) is 8.13. The number of benzene rings is 2. The molecule has 0 aliphatic carbocycles. The van der Waals surface area contributed by atoms with Crippen LogP contribution in [0.5, 0.6) is 11.5 Å². The predicted molar refractivity (Wildman–Crippen MR) is 104 cm³/mol. The number of carbonyl (C=O) groups excluding carboxylic acids is 1. The minimum Gasteiger partial charge on any atom is -0.504 e. The van der Waals surface area contributed by atoms with Crippen LogP contribution in [-0.2, 0) is 27.4 Å². The standard InChI is InChI=1S/C10H12O2.C9H10O2.C2H4O2/c1-3-4-8-5-6-9(11)10(7-8)12-2;1-8(10)11-7-9-5-3-2-4-6-9;1-2(3)4/h3,5-7,11H,1,4H2,2H3;2-6H,7H2,1H3;1H3,(H,3,4). The fraction of sp³-hybridized carbons (Fsp3) is 0.238. The second-order valence-corrected chi connectivity index (χ2v) is 5.28. The molecule has 27 heavy (non-hydrogen) atoms. The van der Waals surface area contributed by atoms with Crippen LogP contribution in [0, 0.1) is 0 Å². The molecular formula is C21H26O6. The maximum absolute atomic E-state index is 10.4. The number of rotatable bonds is 5. The van der Waals surface area contributed by atoms with Crippen molar-refractivity contribution in [2.45, 2.75) is 26.9 Å². The largest absolute Gasteiger partial charge is 0.504 e. The molecule has 0 saturated carbocycles. The van der Waals surface area contributed by atoms with Gasteiger partial charge >= 0.3 is 5.97 Å². The molecule has 0 aliphatic heterocycles. The summed E-state index contributed by atoms with van der Waals surface area (Å²) >= 11 is 0. The number of methoxy groups -OCH3 is 1. The Labute approximate surface area is 159 Å². The Kier molecular flexibility index (Phi) is 12.3. The van der Waals surface area contributed by atoms with Crippen molar-refractivity contribution in [3.8, 4) is 11.5 Å². The second kappa shape index (κ2) is 13.9.